The van der Waals surface area contributed by atoms with Gasteiger partial charge < -0.3 is 25.0 Å². The number of carbonyl (C=O) groups excluding carboxylic acids is 1. The van der Waals surface area contributed by atoms with E-state index in [2.05, 4.69) is 20.5 Å². The molecule has 1 unspecified atom stereocenters. The van der Waals surface area contributed by atoms with Gasteiger partial charge in [0.2, 0.25) is 0 Å². The van der Waals surface area contributed by atoms with Crippen LogP contribution in [0.4, 0.5) is 5.82 Å². The number of hydrogen-bond donors (Lipinski definition) is 2. The maximum atomic E-state index is 12.0. The number of nitrogens with zero attached hydrogens (tertiary/aromatic N) is 2. The van der Waals surface area contributed by atoms with Crippen LogP contribution in [-0.4, -0.2) is 63.0 Å². The fourth-order valence-electron chi connectivity index (χ4n) is 2.54. The molecule has 0 bridgehead atoms. The Bertz CT molecular complexity index is 482. The van der Waals surface area contributed by atoms with Crippen LogP contribution in [0.15, 0.2) is 18.3 Å². The summed E-state index contributed by atoms with van der Waals surface area (Å²) in [6.45, 7) is 5.65. The minimum absolute atomic E-state index is 0.0792. The summed E-state index contributed by atoms with van der Waals surface area (Å²) in [5.41, 5.74) is 0.981. The first-order valence-corrected chi connectivity index (χ1v) is 7.70. The molecule has 3 heterocycles. The second-order valence-corrected chi connectivity index (χ2v) is 5.41. The number of nitrogens with one attached hydrogen (secondary N) is 2. The standard InChI is InChI=1S/C15H22N4O3/c20-15(13-11-16-3-6-22-13)18-10-12-1-2-14(17-9-12)19-4-7-21-8-5-19/h1-2,9,13,16H,3-8,10-11H2,(H,18,20). The second kappa shape index (κ2) is 7.53. The number of ether oxygens (including phenoxy) is 2. The number of anilines is 1. The molecule has 2 aliphatic rings. The molecule has 2 fully saturated rings. The molecule has 2 aliphatic heterocycles. The molecule has 1 atom stereocenters. The van der Waals surface area contributed by atoms with Crippen LogP contribution >= 0.6 is 0 Å². The number of hydrogen-bond acceptors (Lipinski definition) is 6. The van der Waals surface area contributed by atoms with Gasteiger partial charge in [-0.15, -0.1) is 0 Å². The van der Waals surface area contributed by atoms with Gasteiger partial charge in [-0.25, -0.2) is 4.98 Å². The predicted molar refractivity (Wildman–Crippen MR) is 81.7 cm³/mol. The Morgan fingerprint density at radius 3 is 2.91 bits per heavy atom. The van der Waals surface area contributed by atoms with E-state index in [0.29, 0.717) is 19.7 Å². The second-order valence-electron chi connectivity index (χ2n) is 5.41. The Balaban J connectivity index is 1.49. The average molecular weight is 306 g/mol. The van der Waals surface area contributed by atoms with E-state index in [-0.39, 0.29) is 5.91 Å². The maximum absolute atomic E-state index is 12.0. The van der Waals surface area contributed by atoms with E-state index in [9.17, 15) is 4.79 Å². The summed E-state index contributed by atoms with van der Waals surface area (Å²) < 4.78 is 10.8. The van der Waals surface area contributed by atoms with Crippen molar-refractivity contribution in [2.75, 3.05) is 50.9 Å². The number of aromatic nitrogens is 1. The number of rotatable bonds is 4. The Kier molecular flexibility index (Phi) is 5.20. The lowest BCUT2D eigenvalue weighted by Crippen LogP contribution is -2.47. The van der Waals surface area contributed by atoms with Gasteiger partial charge >= 0.3 is 0 Å². The number of amides is 1. The summed E-state index contributed by atoms with van der Waals surface area (Å²) in [4.78, 5) is 18.6. The normalized spacial score (nSPS) is 22.4. The van der Waals surface area contributed by atoms with Crippen molar-refractivity contribution in [2.45, 2.75) is 12.6 Å². The van der Waals surface area contributed by atoms with Crippen molar-refractivity contribution < 1.29 is 14.3 Å². The Hall–Kier alpha value is -1.70. The van der Waals surface area contributed by atoms with Gasteiger partial charge in [0.25, 0.3) is 5.91 Å². The number of morpholine rings is 2. The molecule has 3 rings (SSSR count). The molecule has 2 N–H and O–H groups in total. The molecule has 1 amide bonds. The van der Waals surface area contributed by atoms with Crippen molar-refractivity contribution >= 4 is 11.7 Å². The van der Waals surface area contributed by atoms with Gasteiger partial charge in [0.15, 0.2) is 0 Å². The lowest BCUT2D eigenvalue weighted by atomic mass is 10.2. The predicted octanol–water partition coefficient (Wildman–Crippen LogP) is -0.477. The Morgan fingerprint density at radius 1 is 1.36 bits per heavy atom. The van der Waals surface area contributed by atoms with Crippen LogP contribution in [0.2, 0.25) is 0 Å². The average Bonchev–Trinajstić information content (AvgIpc) is 2.61. The van der Waals surface area contributed by atoms with Crippen LogP contribution in [0.25, 0.3) is 0 Å². The van der Waals surface area contributed by atoms with Gasteiger partial charge in [-0.3, -0.25) is 4.79 Å². The molecule has 1 aromatic heterocycles. The first-order valence-electron chi connectivity index (χ1n) is 7.70. The van der Waals surface area contributed by atoms with E-state index in [0.717, 1.165) is 44.2 Å². The molecule has 120 valence electrons. The van der Waals surface area contributed by atoms with E-state index in [1.807, 2.05) is 18.3 Å². The summed E-state index contributed by atoms with van der Waals surface area (Å²) in [7, 11) is 0. The van der Waals surface area contributed by atoms with Crippen molar-refractivity contribution in [1.82, 2.24) is 15.6 Å². The first kappa shape index (κ1) is 15.2. The van der Waals surface area contributed by atoms with Gasteiger partial charge in [-0.05, 0) is 11.6 Å². The van der Waals surface area contributed by atoms with Gasteiger partial charge in [0, 0.05) is 38.9 Å². The largest absolute Gasteiger partial charge is 0.378 e. The molecule has 2 saturated heterocycles. The van der Waals surface area contributed by atoms with Gasteiger partial charge in [0.05, 0.1) is 19.8 Å². The highest BCUT2D eigenvalue weighted by Crippen LogP contribution is 2.13. The smallest absolute Gasteiger partial charge is 0.250 e. The van der Waals surface area contributed by atoms with E-state index >= 15 is 0 Å². The third-order valence-corrected chi connectivity index (χ3v) is 3.83. The topological polar surface area (TPSA) is 75.7 Å². The summed E-state index contributed by atoms with van der Waals surface area (Å²) in [6.07, 6.45) is 1.42. The third-order valence-electron chi connectivity index (χ3n) is 3.83. The molecule has 22 heavy (non-hydrogen) atoms. The van der Waals surface area contributed by atoms with E-state index in [1.165, 1.54) is 0 Å². The van der Waals surface area contributed by atoms with Crippen LogP contribution in [0.3, 0.4) is 0 Å². The van der Waals surface area contributed by atoms with Crippen molar-refractivity contribution in [3.8, 4) is 0 Å². The minimum atomic E-state index is -0.394. The van der Waals surface area contributed by atoms with Gasteiger partial charge in [-0.1, -0.05) is 6.07 Å². The lowest BCUT2D eigenvalue weighted by molar-refractivity contribution is -0.134. The van der Waals surface area contributed by atoms with Crippen LogP contribution < -0.4 is 15.5 Å². The molecule has 7 heteroatoms. The van der Waals surface area contributed by atoms with Gasteiger partial charge in [-0.2, -0.15) is 0 Å². The van der Waals surface area contributed by atoms with Crippen LogP contribution in [0.1, 0.15) is 5.56 Å². The third kappa shape index (κ3) is 3.94. The molecular weight excluding hydrogens is 284 g/mol. The molecule has 0 radical (unpaired) electrons. The van der Waals surface area contributed by atoms with E-state index in [1.54, 1.807) is 0 Å². The molecule has 0 spiro atoms. The van der Waals surface area contributed by atoms with Crippen LogP contribution in [0, 0.1) is 0 Å². The molecular formula is C15H22N4O3. The Labute approximate surface area is 130 Å². The zero-order valence-corrected chi connectivity index (χ0v) is 12.6. The quantitative estimate of drug-likeness (QED) is 0.783. The highest BCUT2D eigenvalue weighted by molar-refractivity contribution is 5.81. The van der Waals surface area contributed by atoms with Crippen molar-refractivity contribution in [3.63, 3.8) is 0 Å². The Morgan fingerprint density at radius 2 is 2.23 bits per heavy atom. The summed E-state index contributed by atoms with van der Waals surface area (Å²) in [5, 5.41) is 6.03. The van der Waals surface area contributed by atoms with Crippen LogP contribution in [0.5, 0.6) is 0 Å². The SMILES string of the molecule is O=C(NCc1ccc(N2CCOCC2)nc1)C1CNCCO1. The van der Waals surface area contributed by atoms with Crippen molar-refractivity contribution in [2.24, 2.45) is 0 Å². The van der Waals surface area contributed by atoms with E-state index < -0.39 is 6.10 Å². The highest BCUT2D eigenvalue weighted by Gasteiger charge is 2.21. The fraction of sp³-hybridized carbons (Fsp3) is 0.600. The summed E-state index contributed by atoms with van der Waals surface area (Å²) in [6, 6.07) is 3.99. The lowest BCUT2D eigenvalue weighted by Gasteiger charge is -2.27. The monoisotopic (exact) mass is 306 g/mol. The molecule has 1 aromatic rings. The maximum Gasteiger partial charge on any atom is 0.250 e. The van der Waals surface area contributed by atoms with Gasteiger partial charge in [0.1, 0.15) is 11.9 Å². The molecule has 7 nitrogen and oxygen atoms in total. The highest BCUT2D eigenvalue weighted by atomic mass is 16.5. The molecule has 0 aliphatic carbocycles. The zero-order valence-electron chi connectivity index (χ0n) is 12.6. The van der Waals surface area contributed by atoms with Crippen LogP contribution in [-0.2, 0) is 20.8 Å². The summed E-state index contributed by atoms with van der Waals surface area (Å²) in [5.74, 6) is 0.877. The number of pyridine rings is 1. The van der Waals surface area contributed by atoms with Crippen molar-refractivity contribution in [3.05, 3.63) is 23.9 Å². The fourth-order valence-corrected chi connectivity index (χ4v) is 2.54. The van der Waals surface area contributed by atoms with Crippen molar-refractivity contribution in [1.29, 1.82) is 0 Å². The van der Waals surface area contributed by atoms with E-state index in [4.69, 9.17) is 9.47 Å². The summed E-state index contributed by atoms with van der Waals surface area (Å²) >= 11 is 0. The first-order chi connectivity index (χ1) is 10.8. The number of carbonyl (C=O) groups is 1. The zero-order chi connectivity index (χ0) is 15.2. The molecule has 0 aromatic carbocycles. The molecule has 0 saturated carbocycles. The minimum Gasteiger partial charge on any atom is -0.378 e.